The van der Waals surface area contributed by atoms with E-state index in [1.807, 2.05) is 35.7 Å². The fraction of sp³-hybridized carbons (Fsp3) is 0.278. The number of carbonyl (C=O) groups is 2. The molecule has 2 aromatic rings. The number of benzene rings is 1. The highest BCUT2D eigenvalue weighted by molar-refractivity contribution is 7.07. The summed E-state index contributed by atoms with van der Waals surface area (Å²) in [5.74, 6) is -0.424. The first-order valence-corrected chi connectivity index (χ1v) is 8.86. The van der Waals surface area contributed by atoms with Gasteiger partial charge < -0.3 is 10.6 Å². The molecule has 0 bridgehead atoms. The van der Waals surface area contributed by atoms with Crippen LogP contribution in [0.3, 0.4) is 0 Å². The number of nitrogens with one attached hydrogen (secondary N) is 2. The van der Waals surface area contributed by atoms with Crippen LogP contribution in [-0.4, -0.2) is 28.9 Å². The molecule has 1 fully saturated rings. The number of amides is 2. The number of nitrogens with zero attached hydrogens (tertiary/aromatic N) is 1. The molecular formula is C18H19N3O2S. The highest BCUT2D eigenvalue weighted by Crippen LogP contribution is 2.19. The first-order chi connectivity index (χ1) is 11.7. The SMILES string of the molecule is O=C(/C=C\c1cscn1)N[C@@H](Cc1ccccc1)C(=O)NC1CC1. The summed E-state index contributed by atoms with van der Waals surface area (Å²) >= 11 is 1.47. The van der Waals surface area contributed by atoms with Crippen molar-refractivity contribution in [3.63, 3.8) is 0 Å². The molecule has 1 heterocycles. The van der Waals surface area contributed by atoms with Crippen molar-refractivity contribution in [2.75, 3.05) is 0 Å². The van der Waals surface area contributed by atoms with E-state index in [0.717, 1.165) is 24.1 Å². The van der Waals surface area contributed by atoms with Gasteiger partial charge in [-0.15, -0.1) is 11.3 Å². The van der Waals surface area contributed by atoms with Gasteiger partial charge in [-0.3, -0.25) is 9.59 Å². The van der Waals surface area contributed by atoms with Crippen LogP contribution in [0.4, 0.5) is 0 Å². The molecule has 3 rings (SSSR count). The molecule has 2 N–H and O–H groups in total. The molecule has 1 aliphatic carbocycles. The Balaban J connectivity index is 1.64. The first kappa shape index (κ1) is 16.4. The molecule has 0 aliphatic heterocycles. The number of hydrogen-bond acceptors (Lipinski definition) is 4. The van der Waals surface area contributed by atoms with Crippen molar-refractivity contribution < 1.29 is 9.59 Å². The summed E-state index contributed by atoms with van der Waals surface area (Å²) in [4.78, 5) is 28.6. The van der Waals surface area contributed by atoms with Gasteiger partial charge in [0, 0.05) is 23.9 Å². The fourth-order valence-electron chi connectivity index (χ4n) is 2.27. The minimum atomic E-state index is -0.583. The summed E-state index contributed by atoms with van der Waals surface area (Å²) in [6, 6.07) is 9.37. The van der Waals surface area contributed by atoms with E-state index in [1.54, 1.807) is 11.6 Å². The smallest absolute Gasteiger partial charge is 0.244 e. The van der Waals surface area contributed by atoms with Crippen molar-refractivity contribution in [2.24, 2.45) is 0 Å². The lowest BCUT2D eigenvalue weighted by molar-refractivity contribution is -0.127. The molecule has 0 saturated heterocycles. The Labute approximate surface area is 144 Å². The van der Waals surface area contributed by atoms with Crippen molar-refractivity contribution in [2.45, 2.75) is 31.3 Å². The lowest BCUT2D eigenvalue weighted by atomic mass is 10.1. The van der Waals surface area contributed by atoms with Crippen LogP contribution < -0.4 is 10.6 Å². The van der Waals surface area contributed by atoms with Crippen molar-refractivity contribution in [1.29, 1.82) is 0 Å². The molecule has 1 aliphatic rings. The fourth-order valence-corrected chi connectivity index (χ4v) is 2.80. The summed E-state index contributed by atoms with van der Waals surface area (Å²) in [5, 5.41) is 7.61. The second kappa shape index (κ2) is 7.88. The Kier molecular flexibility index (Phi) is 5.38. The molecule has 1 aromatic heterocycles. The van der Waals surface area contributed by atoms with Gasteiger partial charge in [-0.25, -0.2) is 4.98 Å². The van der Waals surface area contributed by atoms with E-state index in [1.165, 1.54) is 17.4 Å². The Hall–Kier alpha value is -2.47. The minimum absolute atomic E-state index is 0.128. The van der Waals surface area contributed by atoms with Crippen LogP contribution in [0.1, 0.15) is 24.1 Å². The van der Waals surface area contributed by atoms with Gasteiger partial charge in [-0.05, 0) is 24.5 Å². The van der Waals surface area contributed by atoms with Crippen LogP contribution in [0.2, 0.25) is 0 Å². The molecule has 0 radical (unpaired) electrons. The predicted molar refractivity (Wildman–Crippen MR) is 94.4 cm³/mol. The van der Waals surface area contributed by atoms with E-state index in [-0.39, 0.29) is 17.9 Å². The highest BCUT2D eigenvalue weighted by atomic mass is 32.1. The molecule has 124 valence electrons. The first-order valence-electron chi connectivity index (χ1n) is 7.92. The van der Waals surface area contributed by atoms with Crippen LogP contribution in [0.5, 0.6) is 0 Å². The van der Waals surface area contributed by atoms with Crippen molar-refractivity contribution in [3.05, 3.63) is 58.6 Å². The second-order valence-electron chi connectivity index (χ2n) is 5.78. The van der Waals surface area contributed by atoms with E-state index < -0.39 is 6.04 Å². The Morgan fingerprint density at radius 1 is 1.29 bits per heavy atom. The number of aromatic nitrogens is 1. The van der Waals surface area contributed by atoms with E-state index in [0.29, 0.717) is 6.42 Å². The molecule has 1 saturated carbocycles. The second-order valence-corrected chi connectivity index (χ2v) is 6.50. The zero-order chi connectivity index (χ0) is 16.8. The lowest BCUT2D eigenvalue weighted by Gasteiger charge is -2.17. The molecule has 24 heavy (non-hydrogen) atoms. The molecular weight excluding hydrogens is 322 g/mol. The molecule has 5 nitrogen and oxygen atoms in total. The zero-order valence-electron chi connectivity index (χ0n) is 13.1. The van der Waals surface area contributed by atoms with E-state index in [9.17, 15) is 9.59 Å². The molecule has 1 aromatic carbocycles. The molecule has 1 atom stereocenters. The van der Waals surface area contributed by atoms with Gasteiger partial charge in [0.25, 0.3) is 0 Å². The quantitative estimate of drug-likeness (QED) is 0.758. The lowest BCUT2D eigenvalue weighted by Crippen LogP contribution is -2.48. The molecule has 0 unspecified atom stereocenters. The van der Waals surface area contributed by atoms with Gasteiger partial charge in [0.15, 0.2) is 0 Å². The van der Waals surface area contributed by atoms with Gasteiger partial charge in [0.2, 0.25) is 11.8 Å². The maximum Gasteiger partial charge on any atom is 0.244 e. The summed E-state index contributed by atoms with van der Waals surface area (Å²) in [5.41, 5.74) is 3.45. The third-order valence-electron chi connectivity index (χ3n) is 3.70. The van der Waals surface area contributed by atoms with E-state index in [4.69, 9.17) is 0 Å². The summed E-state index contributed by atoms with van der Waals surface area (Å²) in [6.45, 7) is 0. The maximum absolute atomic E-state index is 12.4. The standard InChI is InChI=1S/C18H19N3O2S/c22-17(9-8-15-11-24-12-19-15)21-16(18(23)20-14-6-7-14)10-13-4-2-1-3-5-13/h1-5,8-9,11-12,14,16H,6-7,10H2,(H,20,23)(H,21,22)/b9-8-/t16-/m0/s1. The van der Waals surface area contributed by atoms with Crippen LogP contribution in [-0.2, 0) is 16.0 Å². The van der Waals surface area contributed by atoms with Crippen LogP contribution in [0, 0.1) is 0 Å². The molecule has 0 spiro atoms. The van der Waals surface area contributed by atoms with E-state index in [2.05, 4.69) is 15.6 Å². The Morgan fingerprint density at radius 3 is 2.75 bits per heavy atom. The summed E-state index contributed by atoms with van der Waals surface area (Å²) in [7, 11) is 0. The maximum atomic E-state index is 12.4. The topological polar surface area (TPSA) is 71.1 Å². The van der Waals surface area contributed by atoms with Gasteiger partial charge >= 0.3 is 0 Å². The number of hydrogen-bond donors (Lipinski definition) is 2. The highest BCUT2D eigenvalue weighted by Gasteiger charge is 2.28. The van der Waals surface area contributed by atoms with Crippen molar-refractivity contribution in [3.8, 4) is 0 Å². The monoisotopic (exact) mass is 341 g/mol. The molecule has 2 amide bonds. The number of carbonyl (C=O) groups excluding carboxylic acids is 2. The number of rotatable bonds is 7. The van der Waals surface area contributed by atoms with Crippen molar-refractivity contribution in [1.82, 2.24) is 15.6 Å². The van der Waals surface area contributed by atoms with Crippen LogP contribution in [0.15, 0.2) is 47.3 Å². The third-order valence-corrected chi connectivity index (χ3v) is 4.30. The minimum Gasteiger partial charge on any atom is -0.352 e. The van der Waals surface area contributed by atoms with Gasteiger partial charge in [0.05, 0.1) is 11.2 Å². The molecule has 6 heteroatoms. The summed E-state index contributed by atoms with van der Waals surface area (Å²) in [6.07, 6.45) is 5.56. The van der Waals surface area contributed by atoms with Crippen molar-refractivity contribution >= 4 is 29.2 Å². The predicted octanol–water partition coefficient (Wildman–Crippen LogP) is 2.16. The van der Waals surface area contributed by atoms with E-state index >= 15 is 0 Å². The van der Waals surface area contributed by atoms with Crippen LogP contribution in [0.25, 0.3) is 6.08 Å². The summed E-state index contributed by atoms with van der Waals surface area (Å²) < 4.78 is 0. The zero-order valence-corrected chi connectivity index (χ0v) is 14.0. The van der Waals surface area contributed by atoms with Gasteiger partial charge in [0.1, 0.15) is 6.04 Å². The third kappa shape index (κ3) is 5.03. The average Bonchev–Trinajstić information content (AvgIpc) is 3.24. The normalized spacial score (nSPS) is 15.2. The largest absolute Gasteiger partial charge is 0.352 e. The average molecular weight is 341 g/mol. The number of thiazole rings is 1. The van der Waals surface area contributed by atoms with Gasteiger partial charge in [-0.1, -0.05) is 30.3 Å². The van der Waals surface area contributed by atoms with Gasteiger partial charge in [-0.2, -0.15) is 0 Å². The Bertz CT molecular complexity index is 709. The Morgan fingerprint density at radius 2 is 2.08 bits per heavy atom. The van der Waals surface area contributed by atoms with Crippen LogP contribution >= 0.6 is 11.3 Å².